The minimum absolute atomic E-state index is 0.0126. The van der Waals surface area contributed by atoms with Crippen molar-refractivity contribution in [3.63, 3.8) is 0 Å². The summed E-state index contributed by atoms with van der Waals surface area (Å²) in [5.41, 5.74) is 0. The number of likely N-dealkylation sites (N-methyl/N-ethyl adjacent to an activating group) is 1. The van der Waals surface area contributed by atoms with E-state index in [2.05, 4.69) is 14.7 Å². The molecule has 6 heteroatoms. The van der Waals surface area contributed by atoms with Gasteiger partial charge in [0.25, 0.3) is 0 Å². The van der Waals surface area contributed by atoms with Gasteiger partial charge in [0.15, 0.2) is 0 Å². The van der Waals surface area contributed by atoms with Crippen LogP contribution in [0.15, 0.2) is 9.32 Å². The van der Waals surface area contributed by atoms with Crippen molar-refractivity contribution in [3.8, 4) is 0 Å². The zero-order valence-corrected chi connectivity index (χ0v) is 6.83. The normalized spacial score (nSPS) is 9.83. The molecule has 0 unspecified atom stereocenters. The summed E-state index contributed by atoms with van der Waals surface area (Å²) in [5.74, 6) is -0.378. The fourth-order valence-corrected chi connectivity index (χ4v) is 0.796. The van der Waals surface area contributed by atoms with E-state index >= 15 is 0 Å². The molecule has 0 saturated heterocycles. The van der Waals surface area contributed by atoms with Crippen molar-refractivity contribution in [3.05, 3.63) is 10.6 Å². The van der Waals surface area contributed by atoms with Crippen molar-refractivity contribution < 1.29 is 9.32 Å². The zero-order valence-electron chi connectivity index (χ0n) is 6.83. The minimum atomic E-state index is -0.625. The Morgan fingerprint density at radius 2 is 2.42 bits per heavy atom. The maximum atomic E-state index is 10.6. The lowest BCUT2D eigenvalue weighted by Gasteiger charge is -2.10. The number of hydrogen-bond acceptors (Lipinski definition) is 5. The van der Waals surface area contributed by atoms with Crippen LogP contribution >= 0.6 is 0 Å². The third-order valence-electron chi connectivity index (χ3n) is 1.25. The lowest BCUT2D eigenvalue weighted by Crippen LogP contribution is -2.25. The molecule has 0 aliphatic carbocycles. The van der Waals surface area contributed by atoms with Crippen LogP contribution in [0.4, 0.5) is 5.95 Å². The first-order valence-corrected chi connectivity index (χ1v) is 3.36. The number of H-pyrrole nitrogens is 1. The Morgan fingerprint density at radius 3 is 2.83 bits per heavy atom. The Balaban J connectivity index is 2.71. The van der Waals surface area contributed by atoms with Crippen LogP contribution in [0.2, 0.25) is 0 Å². The highest BCUT2D eigenvalue weighted by Gasteiger charge is 2.07. The molecule has 0 spiro atoms. The Kier molecular flexibility index (Phi) is 2.27. The second kappa shape index (κ2) is 3.21. The van der Waals surface area contributed by atoms with Crippen LogP contribution in [-0.4, -0.2) is 29.5 Å². The van der Waals surface area contributed by atoms with Gasteiger partial charge in [-0.15, -0.1) is 0 Å². The number of Topliss-reactive ketones (excluding diaryl/α,β-unsaturated/α-hetero) is 1. The number of carbonyl (C=O) groups is 1. The van der Waals surface area contributed by atoms with Crippen LogP contribution in [-0.2, 0) is 4.79 Å². The number of aromatic amines is 1. The highest BCUT2D eigenvalue weighted by Crippen LogP contribution is 1.98. The van der Waals surface area contributed by atoms with E-state index in [0.717, 1.165) is 0 Å². The first-order chi connectivity index (χ1) is 5.59. The van der Waals surface area contributed by atoms with Crippen LogP contribution in [0.5, 0.6) is 0 Å². The Morgan fingerprint density at radius 1 is 1.75 bits per heavy atom. The Hall–Kier alpha value is -1.59. The van der Waals surface area contributed by atoms with E-state index in [9.17, 15) is 9.59 Å². The molecular weight excluding hydrogens is 162 g/mol. The number of aromatic nitrogens is 2. The number of hydrogen-bond donors (Lipinski definition) is 1. The van der Waals surface area contributed by atoms with Crippen LogP contribution < -0.4 is 10.7 Å². The van der Waals surface area contributed by atoms with Crippen molar-refractivity contribution in [1.29, 1.82) is 0 Å². The molecule has 0 amide bonds. The molecule has 0 saturated carbocycles. The molecule has 0 aromatic carbocycles. The highest BCUT2D eigenvalue weighted by molar-refractivity contribution is 5.80. The predicted octanol–water partition coefficient (Wildman–Crippen LogP) is -0.612. The second-order valence-corrected chi connectivity index (χ2v) is 2.48. The molecule has 66 valence electrons. The molecular formula is C6H9N3O3. The van der Waals surface area contributed by atoms with Crippen molar-refractivity contribution >= 4 is 11.7 Å². The standard InChI is InChI=1S/C6H9N3O3/c1-4(10)3-9(2)5-7-6(11)12-8-5/h3H2,1-2H3,(H,7,8,11). The number of anilines is 1. The summed E-state index contributed by atoms with van der Waals surface area (Å²) in [7, 11) is 1.63. The van der Waals surface area contributed by atoms with E-state index in [1.165, 1.54) is 11.8 Å². The summed E-state index contributed by atoms with van der Waals surface area (Å²) < 4.78 is 4.25. The van der Waals surface area contributed by atoms with Gasteiger partial charge in [-0.05, 0) is 12.1 Å². The van der Waals surface area contributed by atoms with Crippen molar-refractivity contribution in [1.82, 2.24) is 10.1 Å². The van der Waals surface area contributed by atoms with Gasteiger partial charge in [-0.3, -0.25) is 14.3 Å². The molecule has 12 heavy (non-hydrogen) atoms. The quantitative estimate of drug-likeness (QED) is 0.656. The molecule has 1 aromatic rings. The summed E-state index contributed by atoms with van der Waals surface area (Å²) in [6, 6.07) is 0. The van der Waals surface area contributed by atoms with Crippen LogP contribution in [0.3, 0.4) is 0 Å². The van der Waals surface area contributed by atoms with Gasteiger partial charge < -0.3 is 4.90 Å². The summed E-state index contributed by atoms with van der Waals surface area (Å²) >= 11 is 0. The molecule has 1 N–H and O–H groups in total. The van der Waals surface area contributed by atoms with Crippen LogP contribution in [0.25, 0.3) is 0 Å². The average Bonchev–Trinajstić information content (AvgIpc) is 2.34. The van der Waals surface area contributed by atoms with E-state index in [-0.39, 0.29) is 18.3 Å². The highest BCUT2D eigenvalue weighted by atomic mass is 16.5. The third kappa shape index (κ3) is 1.94. The summed E-state index contributed by atoms with van der Waals surface area (Å²) in [5, 5.41) is 3.40. The maximum Gasteiger partial charge on any atom is 0.440 e. The maximum absolute atomic E-state index is 10.6. The third-order valence-corrected chi connectivity index (χ3v) is 1.25. The number of rotatable bonds is 3. The first kappa shape index (κ1) is 8.51. The molecule has 0 radical (unpaired) electrons. The number of ketones is 1. The van der Waals surface area contributed by atoms with Gasteiger partial charge in [-0.1, -0.05) is 0 Å². The molecule has 6 nitrogen and oxygen atoms in total. The summed E-state index contributed by atoms with van der Waals surface area (Å²) in [6.45, 7) is 1.65. The fraction of sp³-hybridized carbons (Fsp3) is 0.500. The zero-order chi connectivity index (χ0) is 9.14. The second-order valence-electron chi connectivity index (χ2n) is 2.48. The lowest BCUT2D eigenvalue weighted by atomic mass is 10.4. The smallest absolute Gasteiger partial charge is 0.335 e. The van der Waals surface area contributed by atoms with E-state index in [1.54, 1.807) is 7.05 Å². The van der Waals surface area contributed by atoms with Gasteiger partial charge in [-0.25, -0.2) is 4.79 Å². The molecule has 1 rings (SSSR count). The molecule has 1 heterocycles. The molecule has 0 aliphatic heterocycles. The molecule has 0 aliphatic rings. The average molecular weight is 171 g/mol. The molecule has 0 fully saturated rings. The van der Waals surface area contributed by atoms with Crippen molar-refractivity contribution in [2.45, 2.75) is 6.92 Å². The molecule has 0 bridgehead atoms. The van der Waals surface area contributed by atoms with Gasteiger partial charge in [0, 0.05) is 7.05 Å². The van der Waals surface area contributed by atoms with Gasteiger partial charge in [0.2, 0.25) is 5.95 Å². The number of nitrogens with one attached hydrogen (secondary N) is 1. The van der Waals surface area contributed by atoms with Crippen molar-refractivity contribution in [2.75, 3.05) is 18.5 Å². The molecule has 0 atom stereocenters. The van der Waals surface area contributed by atoms with Gasteiger partial charge in [-0.2, -0.15) is 0 Å². The SMILES string of the molecule is CC(=O)CN(C)c1noc(=O)[nH]1. The minimum Gasteiger partial charge on any atom is -0.335 e. The van der Waals surface area contributed by atoms with Crippen LogP contribution in [0.1, 0.15) is 6.92 Å². The van der Waals surface area contributed by atoms with E-state index in [0.29, 0.717) is 0 Å². The monoisotopic (exact) mass is 171 g/mol. The number of carbonyl (C=O) groups excluding carboxylic acids is 1. The largest absolute Gasteiger partial charge is 0.440 e. The Labute approximate surface area is 68.2 Å². The number of nitrogens with zero attached hydrogens (tertiary/aromatic N) is 2. The predicted molar refractivity (Wildman–Crippen MR) is 41.1 cm³/mol. The first-order valence-electron chi connectivity index (χ1n) is 3.36. The van der Waals surface area contributed by atoms with Crippen LogP contribution in [0, 0.1) is 0 Å². The fourth-order valence-electron chi connectivity index (χ4n) is 0.796. The van der Waals surface area contributed by atoms with Gasteiger partial charge in [0.05, 0.1) is 6.54 Å². The van der Waals surface area contributed by atoms with Gasteiger partial charge in [0.1, 0.15) is 5.78 Å². The van der Waals surface area contributed by atoms with E-state index < -0.39 is 5.76 Å². The van der Waals surface area contributed by atoms with Crippen molar-refractivity contribution in [2.24, 2.45) is 0 Å². The lowest BCUT2D eigenvalue weighted by molar-refractivity contribution is -0.115. The Bertz CT molecular complexity index is 327. The summed E-state index contributed by atoms with van der Waals surface area (Å²) in [6.07, 6.45) is 0. The van der Waals surface area contributed by atoms with E-state index in [1.807, 2.05) is 0 Å². The summed E-state index contributed by atoms with van der Waals surface area (Å²) in [4.78, 5) is 24.9. The van der Waals surface area contributed by atoms with Gasteiger partial charge >= 0.3 is 5.76 Å². The molecule has 1 aromatic heterocycles. The van der Waals surface area contributed by atoms with E-state index in [4.69, 9.17) is 0 Å². The topological polar surface area (TPSA) is 79.2 Å².